The van der Waals surface area contributed by atoms with Gasteiger partial charge in [-0.15, -0.1) is 6.58 Å². The first-order chi connectivity index (χ1) is 25.6. The second-order valence-electron chi connectivity index (χ2n) is 10.8. The van der Waals surface area contributed by atoms with Gasteiger partial charge in [-0.3, -0.25) is 9.59 Å². The van der Waals surface area contributed by atoms with Gasteiger partial charge in [0.15, 0.2) is 0 Å². The zero-order valence-electron chi connectivity index (χ0n) is 34.9. The number of H-pyrrole nitrogens is 1. The molecule has 0 saturated heterocycles. The maximum Gasteiger partial charge on any atom is 0.234 e. The number of allylic oxidation sites excluding steroid dienone is 5. The Hall–Kier alpha value is -4.76. The number of primary amides is 1. The number of rotatable bonds is 16. The lowest BCUT2D eigenvalue weighted by molar-refractivity contribution is -0.132. The number of hydrogen-bond donors (Lipinski definition) is 3. The molecule has 53 heavy (non-hydrogen) atoms. The van der Waals surface area contributed by atoms with Gasteiger partial charge in [-0.1, -0.05) is 122 Å². The number of aldehydes is 1. The van der Waals surface area contributed by atoms with E-state index in [2.05, 4.69) is 34.0 Å². The minimum Gasteiger partial charge on any atom is -0.473 e. The molecule has 2 aromatic heterocycles. The zero-order chi connectivity index (χ0) is 41.0. The van der Waals surface area contributed by atoms with Crippen LogP contribution in [0.15, 0.2) is 91.3 Å². The molecular weight excluding hydrogens is 663 g/mol. The van der Waals surface area contributed by atoms with E-state index in [1.165, 1.54) is 17.4 Å². The highest BCUT2D eigenvalue weighted by Gasteiger charge is 2.14. The molecule has 0 fully saturated rings. The molecule has 0 aliphatic heterocycles. The molecule has 3 aromatic rings. The average Bonchev–Trinajstić information content (AvgIpc) is 3.60. The fraction of sp³-hybridized carbons (Fsp3) is 0.455. The van der Waals surface area contributed by atoms with Crippen LogP contribution in [0.4, 0.5) is 0 Å². The summed E-state index contributed by atoms with van der Waals surface area (Å²) >= 11 is 0. The van der Waals surface area contributed by atoms with Crippen molar-refractivity contribution in [1.82, 2.24) is 20.2 Å². The van der Waals surface area contributed by atoms with Crippen molar-refractivity contribution in [3.05, 3.63) is 102 Å². The third-order valence-electron chi connectivity index (χ3n) is 7.23. The number of carbonyl (C=O) groups excluding carboxylic acids is 3. The van der Waals surface area contributed by atoms with Gasteiger partial charge in [-0.25, -0.2) is 4.98 Å². The van der Waals surface area contributed by atoms with Crippen LogP contribution >= 0.6 is 0 Å². The van der Waals surface area contributed by atoms with Crippen LogP contribution in [0.5, 0.6) is 5.88 Å². The summed E-state index contributed by atoms with van der Waals surface area (Å²) in [5.74, 6) is 0.273. The third-order valence-corrected chi connectivity index (χ3v) is 7.23. The van der Waals surface area contributed by atoms with Crippen LogP contribution in [0, 0.1) is 0 Å². The average molecular weight is 734 g/mol. The van der Waals surface area contributed by atoms with E-state index in [4.69, 9.17) is 10.5 Å². The molecule has 2 amide bonds. The van der Waals surface area contributed by atoms with Crippen molar-refractivity contribution < 1.29 is 19.1 Å². The molecule has 3 rings (SSSR count). The molecule has 2 atom stereocenters. The molecule has 0 spiro atoms. The SMILES string of the molecule is C=CCC/C(=C\C=C/C)COc1cc2c(/C=C\C)c[nH]c2cn1.CC.CC.CC.CCCC(C=O)N(C)C(C)=O.CNC(Cc1ccccc1)C(N)=O. The fourth-order valence-electron chi connectivity index (χ4n) is 4.39. The maximum absolute atomic E-state index is 10.9. The Bertz CT molecular complexity index is 1460. The van der Waals surface area contributed by atoms with E-state index in [1.54, 1.807) is 14.1 Å². The van der Waals surface area contributed by atoms with Crippen LogP contribution < -0.4 is 15.8 Å². The number of amides is 2. The quantitative estimate of drug-likeness (QED) is 0.0764. The van der Waals surface area contributed by atoms with Crippen LogP contribution in [0.1, 0.15) is 106 Å². The monoisotopic (exact) mass is 734 g/mol. The molecule has 0 aliphatic rings. The smallest absolute Gasteiger partial charge is 0.234 e. The summed E-state index contributed by atoms with van der Waals surface area (Å²) in [6.07, 6.45) is 21.0. The number of likely N-dealkylation sites (N-methyl/N-ethyl adjacent to an activating group) is 2. The standard InChI is InChI=1S/C20H24N2O.C10H14N2O.C8H15NO2.3C2H6/c1-4-7-10-16(11-8-5-2)15-23-20-12-18-17(9-6-3)13-21-19(18)14-22-20;1-12-9(10(11)13)7-8-5-3-2-4-6-8;1-4-5-8(6-10)9(3)7(2)11;3*1-2/h4-6,8-9,11-14,21H,1,7,10,15H2,2-3H3;2-6,9,12H,7H2,1H3,(H2,11,13);6,8H,4-5H2,1-3H3;3*1-2H3/b8-5-,9-6-,16-11+;;;;;. The van der Waals surface area contributed by atoms with Crippen LogP contribution in [-0.2, 0) is 20.8 Å². The summed E-state index contributed by atoms with van der Waals surface area (Å²) in [7, 11) is 3.38. The van der Waals surface area contributed by atoms with Gasteiger partial charge < -0.3 is 30.5 Å². The number of hydrogen-bond acceptors (Lipinski definition) is 6. The number of nitrogens with zero attached hydrogens (tertiary/aromatic N) is 2. The highest BCUT2D eigenvalue weighted by molar-refractivity contribution is 5.89. The topological polar surface area (TPSA) is 130 Å². The molecule has 2 heterocycles. The van der Waals surface area contributed by atoms with Crippen molar-refractivity contribution in [2.75, 3.05) is 20.7 Å². The van der Waals surface area contributed by atoms with Gasteiger partial charge in [0.1, 0.15) is 12.9 Å². The van der Waals surface area contributed by atoms with Crippen LogP contribution in [-0.4, -0.2) is 65.8 Å². The van der Waals surface area contributed by atoms with E-state index in [0.717, 1.165) is 54.0 Å². The Kier molecular flexibility index (Phi) is 35.4. The summed E-state index contributed by atoms with van der Waals surface area (Å²) in [5, 5.41) is 4.00. The fourth-order valence-corrected chi connectivity index (χ4v) is 4.39. The Balaban J connectivity index is -0.000000711. The number of nitrogens with one attached hydrogen (secondary N) is 2. The van der Waals surface area contributed by atoms with E-state index in [1.807, 2.05) is 135 Å². The lowest BCUT2D eigenvalue weighted by atomic mass is 10.1. The maximum atomic E-state index is 10.9. The number of aromatic amines is 1. The van der Waals surface area contributed by atoms with E-state index in [-0.39, 0.29) is 23.9 Å². The van der Waals surface area contributed by atoms with Gasteiger partial charge in [0.2, 0.25) is 17.7 Å². The number of ether oxygens (including phenoxy) is 1. The lowest BCUT2D eigenvalue weighted by Gasteiger charge is -2.21. The van der Waals surface area contributed by atoms with Gasteiger partial charge in [-0.05, 0) is 63.3 Å². The van der Waals surface area contributed by atoms with Gasteiger partial charge in [-0.2, -0.15) is 0 Å². The number of benzene rings is 1. The largest absolute Gasteiger partial charge is 0.473 e. The second-order valence-corrected chi connectivity index (χ2v) is 10.8. The molecule has 296 valence electrons. The van der Waals surface area contributed by atoms with Crippen LogP contribution in [0.25, 0.3) is 17.0 Å². The first kappa shape index (κ1) is 52.6. The number of pyridine rings is 1. The summed E-state index contributed by atoms with van der Waals surface area (Å²) < 4.78 is 5.89. The zero-order valence-corrected chi connectivity index (χ0v) is 34.9. The first-order valence-corrected chi connectivity index (χ1v) is 19.0. The molecule has 0 aliphatic carbocycles. The summed E-state index contributed by atoms with van der Waals surface area (Å²) in [5.41, 5.74) is 9.69. The highest BCUT2D eigenvalue weighted by Crippen LogP contribution is 2.23. The van der Waals surface area contributed by atoms with E-state index in [0.29, 0.717) is 18.9 Å². The van der Waals surface area contributed by atoms with E-state index < -0.39 is 0 Å². The molecule has 0 radical (unpaired) electrons. The van der Waals surface area contributed by atoms with Crippen molar-refractivity contribution >= 4 is 35.1 Å². The van der Waals surface area contributed by atoms with Gasteiger partial charge >= 0.3 is 0 Å². The molecule has 9 heteroatoms. The Morgan fingerprint density at radius 1 is 1.08 bits per heavy atom. The Labute approximate surface area is 321 Å². The number of carbonyl (C=O) groups is 3. The first-order valence-electron chi connectivity index (χ1n) is 19.0. The van der Waals surface area contributed by atoms with Crippen molar-refractivity contribution in [1.29, 1.82) is 0 Å². The van der Waals surface area contributed by atoms with Gasteiger partial charge in [0, 0.05) is 31.6 Å². The molecule has 1 aromatic carbocycles. The van der Waals surface area contributed by atoms with Gasteiger partial charge in [0.05, 0.1) is 23.8 Å². The van der Waals surface area contributed by atoms with Crippen LogP contribution in [0.3, 0.4) is 0 Å². The third kappa shape index (κ3) is 23.4. The Morgan fingerprint density at radius 3 is 2.21 bits per heavy atom. The Morgan fingerprint density at radius 2 is 1.72 bits per heavy atom. The van der Waals surface area contributed by atoms with Crippen molar-refractivity contribution in [3.63, 3.8) is 0 Å². The lowest BCUT2D eigenvalue weighted by Crippen LogP contribution is -2.40. The molecular formula is C44H71N5O4. The highest BCUT2D eigenvalue weighted by atomic mass is 16.5. The molecule has 0 saturated carbocycles. The second kappa shape index (κ2) is 35.6. The summed E-state index contributed by atoms with van der Waals surface area (Å²) in [6.45, 7) is 23.8. The number of fused-ring (bicyclic) bond motifs is 1. The van der Waals surface area contributed by atoms with E-state index >= 15 is 0 Å². The van der Waals surface area contributed by atoms with E-state index in [9.17, 15) is 14.4 Å². The molecule has 2 unspecified atom stereocenters. The number of aromatic nitrogens is 2. The normalized spacial score (nSPS) is 11.4. The summed E-state index contributed by atoms with van der Waals surface area (Å²) in [4.78, 5) is 41.2. The van der Waals surface area contributed by atoms with Crippen molar-refractivity contribution in [3.8, 4) is 5.88 Å². The predicted octanol–water partition coefficient (Wildman–Crippen LogP) is 9.66. The van der Waals surface area contributed by atoms with Crippen molar-refractivity contribution in [2.24, 2.45) is 5.73 Å². The predicted molar refractivity (Wildman–Crippen MR) is 228 cm³/mol. The molecule has 0 bridgehead atoms. The summed E-state index contributed by atoms with van der Waals surface area (Å²) in [6, 6.07) is 11.3. The van der Waals surface area contributed by atoms with Crippen molar-refractivity contribution in [2.45, 2.75) is 113 Å². The minimum atomic E-state index is -0.314. The minimum absolute atomic E-state index is 0.0597. The molecule has 9 nitrogen and oxygen atoms in total. The number of nitrogens with two attached hydrogens (primary N) is 1. The van der Waals surface area contributed by atoms with Crippen LogP contribution in [0.2, 0.25) is 0 Å². The molecule has 4 N–H and O–H groups in total. The van der Waals surface area contributed by atoms with Gasteiger partial charge in [0.25, 0.3) is 0 Å².